The summed E-state index contributed by atoms with van der Waals surface area (Å²) < 4.78 is 2.15. The number of fused-ring (bicyclic) bond motifs is 1. The van der Waals surface area contributed by atoms with Gasteiger partial charge in [0.25, 0.3) is 0 Å². The summed E-state index contributed by atoms with van der Waals surface area (Å²) in [4.78, 5) is 21.6. The van der Waals surface area contributed by atoms with Crippen LogP contribution >= 0.6 is 0 Å². The van der Waals surface area contributed by atoms with E-state index in [4.69, 9.17) is 5.11 Å². The molecule has 0 atom stereocenters. The lowest BCUT2D eigenvalue weighted by atomic mass is 10.1. The maximum Gasteiger partial charge on any atom is 0.328 e. The molecule has 3 rings (SSSR count). The SMILES string of the molecule is Cc1cc(/C=C/C(=O)O)cnc1N1CCn2ccnc2C1. The summed E-state index contributed by atoms with van der Waals surface area (Å²) in [6.45, 7) is 4.52. The zero-order valence-corrected chi connectivity index (χ0v) is 11.7. The summed E-state index contributed by atoms with van der Waals surface area (Å²) in [5, 5.41) is 8.65. The van der Waals surface area contributed by atoms with Gasteiger partial charge in [-0.3, -0.25) is 0 Å². The number of pyridine rings is 1. The minimum Gasteiger partial charge on any atom is -0.478 e. The van der Waals surface area contributed by atoms with Crippen molar-refractivity contribution in [2.45, 2.75) is 20.0 Å². The van der Waals surface area contributed by atoms with E-state index in [9.17, 15) is 4.79 Å². The van der Waals surface area contributed by atoms with Crippen molar-refractivity contribution in [3.05, 3.63) is 47.7 Å². The number of imidazole rings is 1. The average Bonchev–Trinajstić information content (AvgIpc) is 2.92. The second-order valence-corrected chi connectivity index (χ2v) is 5.04. The summed E-state index contributed by atoms with van der Waals surface area (Å²) in [6, 6.07) is 1.95. The van der Waals surface area contributed by atoms with Crippen molar-refractivity contribution in [3.63, 3.8) is 0 Å². The maximum atomic E-state index is 10.5. The zero-order chi connectivity index (χ0) is 14.8. The van der Waals surface area contributed by atoms with Crippen LogP contribution in [-0.2, 0) is 17.9 Å². The summed E-state index contributed by atoms with van der Waals surface area (Å²) in [5.41, 5.74) is 1.82. The third kappa shape index (κ3) is 2.79. The molecule has 0 radical (unpaired) electrons. The predicted octanol–water partition coefficient (Wildman–Crippen LogP) is 1.70. The number of carboxylic acid groups (broad SMARTS) is 1. The first kappa shape index (κ1) is 13.4. The van der Waals surface area contributed by atoms with Crippen LogP contribution in [0, 0.1) is 6.92 Å². The molecule has 0 amide bonds. The number of rotatable bonds is 3. The fraction of sp³-hybridized carbons (Fsp3) is 0.267. The quantitative estimate of drug-likeness (QED) is 0.869. The van der Waals surface area contributed by atoms with Gasteiger partial charge in [0, 0.05) is 37.8 Å². The molecule has 21 heavy (non-hydrogen) atoms. The standard InChI is InChI=1S/C15H16N4O2/c1-11-8-12(2-3-14(20)21)9-17-15(11)19-7-6-18-5-4-16-13(18)10-19/h2-5,8-9H,6-7,10H2,1H3,(H,20,21)/b3-2+. The monoisotopic (exact) mass is 284 g/mol. The van der Waals surface area contributed by atoms with E-state index in [2.05, 4.69) is 19.4 Å². The smallest absolute Gasteiger partial charge is 0.328 e. The molecule has 0 spiro atoms. The van der Waals surface area contributed by atoms with E-state index >= 15 is 0 Å². The number of hydrogen-bond acceptors (Lipinski definition) is 4. The van der Waals surface area contributed by atoms with Gasteiger partial charge in [0.05, 0.1) is 6.54 Å². The summed E-state index contributed by atoms with van der Waals surface area (Å²) in [6.07, 6.45) is 8.18. The van der Waals surface area contributed by atoms with Crippen LogP contribution in [0.2, 0.25) is 0 Å². The fourth-order valence-electron chi connectivity index (χ4n) is 2.53. The molecule has 1 aliphatic rings. The first-order valence-corrected chi connectivity index (χ1v) is 6.76. The lowest BCUT2D eigenvalue weighted by Crippen LogP contribution is -2.34. The normalized spacial score (nSPS) is 14.4. The van der Waals surface area contributed by atoms with Gasteiger partial charge < -0.3 is 14.6 Å². The van der Waals surface area contributed by atoms with Crippen molar-refractivity contribution in [1.82, 2.24) is 14.5 Å². The first-order valence-electron chi connectivity index (χ1n) is 6.76. The van der Waals surface area contributed by atoms with Crippen LogP contribution in [0.3, 0.4) is 0 Å². The minimum atomic E-state index is -0.959. The van der Waals surface area contributed by atoms with Crippen molar-refractivity contribution in [3.8, 4) is 0 Å². The number of aromatic nitrogens is 3. The summed E-state index contributed by atoms with van der Waals surface area (Å²) >= 11 is 0. The number of aliphatic carboxylic acids is 1. The van der Waals surface area contributed by atoms with E-state index in [1.54, 1.807) is 12.3 Å². The van der Waals surface area contributed by atoms with E-state index in [1.165, 1.54) is 0 Å². The molecule has 1 N–H and O–H groups in total. The Balaban J connectivity index is 1.82. The van der Waals surface area contributed by atoms with Gasteiger partial charge in [-0.15, -0.1) is 0 Å². The third-order valence-corrected chi connectivity index (χ3v) is 3.53. The van der Waals surface area contributed by atoms with Crippen LogP contribution in [0.4, 0.5) is 5.82 Å². The molecular formula is C15H16N4O2. The van der Waals surface area contributed by atoms with Crippen LogP contribution in [0.25, 0.3) is 6.08 Å². The van der Waals surface area contributed by atoms with Crippen LogP contribution in [0.1, 0.15) is 17.0 Å². The van der Waals surface area contributed by atoms with Crippen molar-refractivity contribution < 1.29 is 9.90 Å². The number of nitrogens with zero attached hydrogens (tertiary/aromatic N) is 4. The van der Waals surface area contributed by atoms with Gasteiger partial charge in [-0.25, -0.2) is 14.8 Å². The van der Waals surface area contributed by atoms with E-state index in [-0.39, 0.29) is 0 Å². The molecule has 2 aromatic rings. The first-order chi connectivity index (χ1) is 10.1. The molecular weight excluding hydrogens is 268 g/mol. The summed E-state index contributed by atoms with van der Waals surface area (Å²) in [5.74, 6) is 1.01. The molecule has 0 aromatic carbocycles. The van der Waals surface area contributed by atoms with E-state index in [1.807, 2.05) is 25.4 Å². The van der Waals surface area contributed by atoms with Crippen molar-refractivity contribution in [1.29, 1.82) is 0 Å². The van der Waals surface area contributed by atoms with Gasteiger partial charge >= 0.3 is 5.97 Å². The Morgan fingerprint density at radius 1 is 1.38 bits per heavy atom. The second-order valence-electron chi connectivity index (χ2n) is 5.04. The molecule has 0 bridgehead atoms. The van der Waals surface area contributed by atoms with Crippen LogP contribution in [-0.4, -0.2) is 32.2 Å². The molecule has 2 aromatic heterocycles. The lowest BCUT2D eigenvalue weighted by Gasteiger charge is -2.29. The molecule has 0 aliphatic carbocycles. The van der Waals surface area contributed by atoms with E-state index in [0.717, 1.165) is 48.5 Å². The molecule has 108 valence electrons. The molecule has 0 saturated heterocycles. The lowest BCUT2D eigenvalue weighted by molar-refractivity contribution is -0.131. The van der Waals surface area contributed by atoms with E-state index < -0.39 is 5.97 Å². The zero-order valence-electron chi connectivity index (χ0n) is 11.7. The van der Waals surface area contributed by atoms with Crippen LogP contribution in [0.5, 0.6) is 0 Å². The van der Waals surface area contributed by atoms with Crippen LogP contribution in [0.15, 0.2) is 30.7 Å². The molecule has 6 nitrogen and oxygen atoms in total. The number of hydrogen-bond donors (Lipinski definition) is 1. The average molecular weight is 284 g/mol. The topological polar surface area (TPSA) is 71.2 Å². The van der Waals surface area contributed by atoms with Crippen molar-refractivity contribution in [2.24, 2.45) is 0 Å². The Bertz CT molecular complexity index is 705. The van der Waals surface area contributed by atoms with Crippen LogP contribution < -0.4 is 4.90 Å². The Hall–Kier alpha value is -2.63. The van der Waals surface area contributed by atoms with Gasteiger partial charge in [0.1, 0.15) is 11.6 Å². The number of carbonyl (C=O) groups is 1. The second kappa shape index (κ2) is 5.40. The number of aryl methyl sites for hydroxylation is 1. The van der Waals surface area contributed by atoms with Gasteiger partial charge in [-0.2, -0.15) is 0 Å². The van der Waals surface area contributed by atoms with Gasteiger partial charge in [0.15, 0.2) is 0 Å². The fourth-order valence-corrected chi connectivity index (χ4v) is 2.53. The Morgan fingerprint density at radius 2 is 2.24 bits per heavy atom. The van der Waals surface area contributed by atoms with Crippen molar-refractivity contribution in [2.75, 3.05) is 11.4 Å². The molecule has 1 aliphatic heterocycles. The predicted molar refractivity (Wildman–Crippen MR) is 78.9 cm³/mol. The molecule has 0 fully saturated rings. The number of carboxylic acids is 1. The highest BCUT2D eigenvalue weighted by atomic mass is 16.4. The largest absolute Gasteiger partial charge is 0.478 e. The highest BCUT2D eigenvalue weighted by molar-refractivity contribution is 5.85. The highest BCUT2D eigenvalue weighted by Crippen LogP contribution is 2.22. The maximum absolute atomic E-state index is 10.5. The molecule has 0 unspecified atom stereocenters. The van der Waals surface area contributed by atoms with Crippen molar-refractivity contribution >= 4 is 17.9 Å². The van der Waals surface area contributed by atoms with Gasteiger partial charge in [-0.05, 0) is 30.2 Å². The summed E-state index contributed by atoms with van der Waals surface area (Å²) in [7, 11) is 0. The van der Waals surface area contributed by atoms with Gasteiger partial charge in [-0.1, -0.05) is 0 Å². The molecule has 3 heterocycles. The molecule has 0 saturated carbocycles. The van der Waals surface area contributed by atoms with E-state index in [0.29, 0.717) is 0 Å². The molecule has 6 heteroatoms. The highest BCUT2D eigenvalue weighted by Gasteiger charge is 2.19. The Labute approximate surface area is 122 Å². The number of anilines is 1. The Kier molecular flexibility index (Phi) is 3.43. The van der Waals surface area contributed by atoms with Gasteiger partial charge in [0.2, 0.25) is 0 Å². The Morgan fingerprint density at radius 3 is 3.00 bits per heavy atom. The third-order valence-electron chi connectivity index (χ3n) is 3.53. The minimum absolute atomic E-state index is 0.741.